The average Bonchev–Trinajstić information content (AvgIpc) is 2.61. The molecular formula is C17H16N2O6. The summed E-state index contributed by atoms with van der Waals surface area (Å²) in [6.07, 6.45) is 0. The van der Waals surface area contributed by atoms with Crippen LogP contribution in [0, 0.1) is 0 Å². The lowest BCUT2D eigenvalue weighted by atomic mass is 10.1. The molecule has 2 rings (SSSR count). The van der Waals surface area contributed by atoms with Crippen molar-refractivity contribution in [2.24, 2.45) is 0 Å². The number of hydrogen-bond acceptors (Lipinski definition) is 5. The Morgan fingerprint density at radius 1 is 0.840 bits per heavy atom. The smallest absolute Gasteiger partial charge is 0.336 e. The molecule has 0 aliphatic rings. The number of hydroxylamine groups is 1. The normalized spacial score (nSPS) is 10.2. The van der Waals surface area contributed by atoms with Gasteiger partial charge in [0, 0.05) is 0 Å². The maximum absolute atomic E-state index is 12.0. The van der Waals surface area contributed by atoms with Crippen molar-refractivity contribution in [1.82, 2.24) is 10.8 Å². The first-order chi connectivity index (χ1) is 12.0. The molecule has 2 aromatic rings. The summed E-state index contributed by atoms with van der Waals surface area (Å²) >= 11 is 0. The minimum Gasteiger partial charge on any atom is -0.478 e. The first-order valence-electron chi connectivity index (χ1n) is 7.27. The molecule has 0 fully saturated rings. The molecule has 0 unspecified atom stereocenters. The number of amides is 1. The van der Waals surface area contributed by atoms with E-state index >= 15 is 0 Å². The summed E-state index contributed by atoms with van der Waals surface area (Å²) in [6.45, 7) is -0.0912. The van der Waals surface area contributed by atoms with Gasteiger partial charge in [0.25, 0.3) is 5.91 Å². The number of carbonyl (C=O) groups is 3. The van der Waals surface area contributed by atoms with Crippen molar-refractivity contribution >= 4 is 17.8 Å². The van der Waals surface area contributed by atoms with Crippen LogP contribution in [-0.2, 0) is 11.4 Å². The van der Waals surface area contributed by atoms with E-state index < -0.39 is 17.8 Å². The number of hydrogen-bond donors (Lipinski definition) is 4. The van der Waals surface area contributed by atoms with Crippen molar-refractivity contribution in [3.8, 4) is 0 Å². The summed E-state index contributed by atoms with van der Waals surface area (Å²) in [7, 11) is 0. The highest BCUT2D eigenvalue weighted by molar-refractivity contribution is 6.04. The Hall–Kier alpha value is -3.23. The lowest BCUT2D eigenvalue weighted by Crippen LogP contribution is -2.34. The second kappa shape index (κ2) is 8.57. The second-order valence-electron chi connectivity index (χ2n) is 4.93. The number of carboxylic acid groups (broad SMARTS) is 2. The van der Waals surface area contributed by atoms with Gasteiger partial charge in [0.15, 0.2) is 0 Å². The van der Waals surface area contributed by atoms with Crippen LogP contribution in [-0.4, -0.2) is 34.7 Å². The van der Waals surface area contributed by atoms with Crippen molar-refractivity contribution in [2.45, 2.75) is 6.61 Å². The number of carboxylic acids is 2. The van der Waals surface area contributed by atoms with E-state index in [1.54, 1.807) is 24.3 Å². The highest BCUT2D eigenvalue weighted by Gasteiger charge is 2.15. The zero-order valence-electron chi connectivity index (χ0n) is 13.1. The number of nitrogens with one attached hydrogen (secondary N) is 2. The zero-order chi connectivity index (χ0) is 18.2. The highest BCUT2D eigenvalue weighted by atomic mass is 16.6. The van der Waals surface area contributed by atoms with Crippen LogP contribution in [0.2, 0.25) is 0 Å². The fourth-order valence-electron chi connectivity index (χ4n) is 2.11. The van der Waals surface area contributed by atoms with Gasteiger partial charge in [0.1, 0.15) is 0 Å². The molecule has 0 bridgehead atoms. The molecule has 8 heteroatoms. The van der Waals surface area contributed by atoms with Gasteiger partial charge in [-0.1, -0.05) is 30.3 Å². The van der Waals surface area contributed by atoms with Gasteiger partial charge in [-0.25, -0.2) is 9.59 Å². The molecule has 8 nitrogen and oxygen atoms in total. The van der Waals surface area contributed by atoms with E-state index in [2.05, 4.69) is 10.8 Å². The summed E-state index contributed by atoms with van der Waals surface area (Å²) in [5, 5.41) is 20.6. The number of aromatic carboxylic acids is 2. The molecule has 0 aliphatic heterocycles. The molecule has 130 valence electrons. The SMILES string of the molecule is O=C(O)c1ccccc1CONCNC(=O)c1ccccc1C(=O)O. The Balaban J connectivity index is 1.83. The van der Waals surface area contributed by atoms with E-state index in [4.69, 9.17) is 15.1 Å². The van der Waals surface area contributed by atoms with Gasteiger partial charge in [-0.3, -0.25) is 9.63 Å². The van der Waals surface area contributed by atoms with Crippen LogP contribution in [0.4, 0.5) is 0 Å². The number of carbonyl (C=O) groups excluding carboxylic acids is 1. The predicted molar refractivity (Wildman–Crippen MR) is 87.1 cm³/mol. The fourth-order valence-corrected chi connectivity index (χ4v) is 2.11. The van der Waals surface area contributed by atoms with Crippen LogP contribution >= 0.6 is 0 Å². The second-order valence-corrected chi connectivity index (χ2v) is 4.93. The van der Waals surface area contributed by atoms with Crippen molar-refractivity contribution < 1.29 is 29.4 Å². The van der Waals surface area contributed by atoms with Crippen LogP contribution in [0.3, 0.4) is 0 Å². The van der Waals surface area contributed by atoms with Gasteiger partial charge in [-0.15, -0.1) is 0 Å². The molecule has 0 heterocycles. The van der Waals surface area contributed by atoms with Crippen molar-refractivity contribution in [2.75, 3.05) is 6.67 Å². The van der Waals surface area contributed by atoms with Crippen molar-refractivity contribution in [1.29, 1.82) is 0 Å². The fraction of sp³-hybridized carbons (Fsp3) is 0.118. The van der Waals surface area contributed by atoms with E-state index in [1.165, 1.54) is 24.3 Å². The van der Waals surface area contributed by atoms with E-state index in [0.717, 1.165) is 0 Å². The van der Waals surface area contributed by atoms with Crippen LogP contribution in [0.1, 0.15) is 36.6 Å². The first kappa shape index (κ1) is 18.1. The maximum atomic E-state index is 12.0. The molecule has 0 saturated carbocycles. The Morgan fingerprint density at radius 2 is 1.40 bits per heavy atom. The molecule has 1 amide bonds. The molecule has 0 spiro atoms. The van der Waals surface area contributed by atoms with Crippen LogP contribution in [0.5, 0.6) is 0 Å². The molecule has 2 aromatic carbocycles. The average molecular weight is 344 g/mol. The molecular weight excluding hydrogens is 328 g/mol. The lowest BCUT2D eigenvalue weighted by molar-refractivity contribution is 0.0226. The molecule has 0 aliphatic carbocycles. The quantitative estimate of drug-likeness (QED) is 0.325. The molecule has 4 N–H and O–H groups in total. The summed E-state index contributed by atoms with van der Waals surface area (Å²) in [4.78, 5) is 39.3. The number of benzene rings is 2. The van der Waals surface area contributed by atoms with E-state index in [1.807, 2.05) is 0 Å². The summed E-state index contributed by atoms with van der Waals surface area (Å²) in [5.41, 5.74) is 3.02. The largest absolute Gasteiger partial charge is 0.478 e. The van der Waals surface area contributed by atoms with Crippen LogP contribution in [0.15, 0.2) is 48.5 Å². The van der Waals surface area contributed by atoms with E-state index in [9.17, 15) is 14.4 Å². The zero-order valence-corrected chi connectivity index (χ0v) is 13.1. The molecule has 25 heavy (non-hydrogen) atoms. The number of rotatable bonds is 8. The molecule has 0 saturated heterocycles. The third-order valence-electron chi connectivity index (χ3n) is 3.30. The monoisotopic (exact) mass is 344 g/mol. The molecule has 0 radical (unpaired) electrons. The van der Waals surface area contributed by atoms with E-state index in [0.29, 0.717) is 5.56 Å². The predicted octanol–water partition coefficient (Wildman–Crippen LogP) is 1.49. The molecule has 0 atom stereocenters. The maximum Gasteiger partial charge on any atom is 0.336 e. The third-order valence-corrected chi connectivity index (χ3v) is 3.30. The van der Waals surface area contributed by atoms with Crippen LogP contribution < -0.4 is 10.8 Å². The first-order valence-corrected chi connectivity index (χ1v) is 7.27. The lowest BCUT2D eigenvalue weighted by Gasteiger charge is -2.10. The van der Waals surface area contributed by atoms with Crippen molar-refractivity contribution in [3.63, 3.8) is 0 Å². The summed E-state index contributed by atoms with van der Waals surface area (Å²) < 4.78 is 0. The van der Waals surface area contributed by atoms with Gasteiger partial charge < -0.3 is 15.5 Å². The van der Waals surface area contributed by atoms with Gasteiger partial charge in [0.05, 0.1) is 30.0 Å². The summed E-state index contributed by atoms with van der Waals surface area (Å²) in [6, 6.07) is 12.2. The molecule has 0 aromatic heterocycles. The van der Waals surface area contributed by atoms with Crippen LogP contribution in [0.25, 0.3) is 0 Å². The standard InChI is InChI=1S/C17H16N2O6/c20-15(13-7-3-4-8-14(13)17(23)24)18-10-19-25-9-11-5-1-2-6-12(11)16(21)22/h1-8,19H,9-10H2,(H,18,20)(H,21,22)(H,23,24). The van der Waals surface area contributed by atoms with Gasteiger partial charge in [-0.05, 0) is 23.8 Å². The topological polar surface area (TPSA) is 125 Å². The Labute approximate surface area is 143 Å². The Bertz CT molecular complexity index is 790. The van der Waals surface area contributed by atoms with Gasteiger partial charge in [0.2, 0.25) is 0 Å². The van der Waals surface area contributed by atoms with E-state index in [-0.39, 0.29) is 30.0 Å². The third kappa shape index (κ3) is 4.87. The Morgan fingerprint density at radius 3 is 2.04 bits per heavy atom. The highest BCUT2D eigenvalue weighted by Crippen LogP contribution is 2.10. The minimum absolute atomic E-state index is 0.00986. The Kier molecular flexibility index (Phi) is 6.21. The summed E-state index contributed by atoms with van der Waals surface area (Å²) in [5.74, 6) is -2.82. The van der Waals surface area contributed by atoms with Gasteiger partial charge in [-0.2, -0.15) is 5.48 Å². The minimum atomic E-state index is -1.19. The van der Waals surface area contributed by atoms with Crippen molar-refractivity contribution in [3.05, 3.63) is 70.8 Å². The van der Waals surface area contributed by atoms with Gasteiger partial charge >= 0.3 is 11.9 Å².